The second-order valence-corrected chi connectivity index (χ2v) is 7.77. The molecule has 0 saturated heterocycles. The fraction of sp³-hybridized carbons (Fsp3) is 0.273. The average Bonchev–Trinajstić information content (AvgIpc) is 2.98. The Bertz CT molecular complexity index is 1370. The smallest absolute Gasteiger partial charge is 0.306 e. The lowest BCUT2D eigenvalue weighted by atomic mass is 10.1. The van der Waals surface area contributed by atoms with Crippen LogP contribution in [0, 0.1) is 0 Å². The van der Waals surface area contributed by atoms with Gasteiger partial charge in [0, 0.05) is 58.1 Å². The zero-order chi connectivity index (χ0) is 20.8. The first-order valence-corrected chi connectivity index (χ1v) is 9.90. The quantitative estimate of drug-likeness (QED) is 0.562. The first kappa shape index (κ1) is 18.5. The van der Waals surface area contributed by atoms with Gasteiger partial charge in [-0.25, -0.2) is 9.78 Å². The van der Waals surface area contributed by atoms with Gasteiger partial charge in [-0.1, -0.05) is 6.07 Å². The number of benzene rings is 1. The molecule has 5 rings (SSSR count). The van der Waals surface area contributed by atoms with Crippen LogP contribution < -0.4 is 11.2 Å². The second-order valence-electron chi connectivity index (χ2n) is 7.77. The maximum Gasteiger partial charge on any atom is 0.328 e. The molecule has 0 spiro atoms. The number of fused-ring (bicyclic) bond motifs is 2. The molecule has 0 bridgehead atoms. The normalized spacial score (nSPS) is 14.2. The predicted molar refractivity (Wildman–Crippen MR) is 114 cm³/mol. The molecule has 1 aliphatic heterocycles. The largest absolute Gasteiger partial charge is 0.328 e. The van der Waals surface area contributed by atoms with Crippen LogP contribution in [-0.4, -0.2) is 35.5 Å². The lowest BCUT2D eigenvalue weighted by Gasteiger charge is -2.27. The molecule has 1 aromatic carbocycles. The van der Waals surface area contributed by atoms with Crippen molar-refractivity contribution in [2.24, 2.45) is 14.1 Å². The third kappa shape index (κ3) is 3.05. The Morgan fingerprint density at radius 3 is 2.73 bits per heavy atom. The standard InChI is InChI=1S/C22H22N6O2/c1-26-18-6-5-14(10-19(18)27(2)22(26)30)12-28-9-7-17-16(13-28)21(29)25-20(24-17)15-4-3-8-23-11-15/h3-6,8,10-11H,7,9,12-13H2,1-2H3,(H,24,25,29). The molecule has 0 unspecified atom stereocenters. The minimum Gasteiger partial charge on any atom is -0.306 e. The van der Waals surface area contributed by atoms with Crippen LogP contribution in [0.2, 0.25) is 0 Å². The molecular formula is C22H22N6O2. The van der Waals surface area contributed by atoms with Crippen molar-refractivity contribution in [1.29, 1.82) is 0 Å². The van der Waals surface area contributed by atoms with Crippen molar-refractivity contribution in [3.8, 4) is 11.4 Å². The summed E-state index contributed by atoms with van der Waals surface area (Å²) < 4.78 is 3.32. The molecule has 0 fully saturated rings. The Kier molecular flexibility index (Phi) is 4.36. The zero-order valence-corrected chi connectivity index (χ0v) is 16.9. The highest BCUT2D eigenvalue weighted by atomic mass is 16.1. The fourth-order valence-electron chi connectivity index (χ4n) is 4.16. The van der Waals surface area contributed by atoms with E-state index in [-0.39, 0.29) is 11.2 Å². The highest BCUT2D eigenvalue weighted by molar-refractivity contribution is 5.76. The van der Waals surface area contributed by atoms with Crippen LogP contribution in [0.25, 0.3) is 22.4 Å². The molecule has 4 heterocycles. The first-order chi connectivity index (χ1) is 14.5. The molecule has 1 aliphatic rings. The van der Waals surface area contributed by atoms with Gasteiger partial charge in [-0.15, -0.1) is 0 Å². The number of rotatable bonds is 3. The minimum atomic E-state index is -0.0931. The SMILES string of the molecule is Cn1c(=O)n(C)c2cc(CN3CCc4nc(-c5cccnc5)[nH]c(=O)c4C3)ccc21. The Morgan fingerprint density at radius 1 is 1.10 bits per heavy atom. The number of aromatic amines is 1. The summed E-state index contributed by atoms with van der Waals surface area (Å²) in [6, 6.07) is 9.81. The summed E-state index contributed by atoms with van der Waals surface area (Å²) in [5, 5.41) is 0. The lowest BCUT2D eigenvalue weighted by molar-refractivity contribution is 0.242. The summed E-state index contributed by atoms with van der Waals surface area (Å²) in [6.07, 6.45) is 4.12. The molecule has 4 aromatic rings. The van der Waals surface area contributed by atoms with Gasteiger partial charge >= 0.3 is 5.69 Å². The maximum atomic E-state index is 12.7. The van der Waals surface area contributed by atoms with Crippen molar-refractivity contribution < 1.29 is 0 Å². The summed E-state index contributed by atoms with van der Waals surface area (Å²) in [5.41, 5.74) is 5.21. The van der Waals surface area contributed by atoms with E-state index in [9.17, 15) is 9.59 Å². The van der Waals surface area contributed by atoms with Crippen LogP contribution in [-0.2, 0) is 33.6 Å². The molecule has 8 heteroatoms. The topological polar surface area (TPSA) is 88.8 Å². The van der Waals surface area contributed by atoms with E-state index in [1.807, 2.05) is 24.3 Å². The van der Waals surface area contributed by atoms with Gasteiger partial charge in [0.15, 0.2) is 0 Å². The predicted octanol–water partition coefficient (Wildman–Crippen LogP) is 1.58. The molecule has 0 aliphatic carbocycles. The van der Waals surface area contributed by atoms with Crippen LogP contribution >= 0.6 is 0 Å². The van der Waals surface area contributed by atoms with Gasteiger partial charge < -0.3 is 4.98 Å². The third-order valence-electron chi connectivity index (χ3n) is 5.83. The van der Waals surface area contributed by atoms with Crippen LogP contribution in [0.4, 0.5) is 0 Å². The monoisotopic (exact) mass is 402 g/mol. The Balaban J connectivity index is 1.41. The first-order valence-electron chi connectivity index (χ1n) is 9.90. The number of pyridine rings is 1. The average molecular weight is 402 g/mol. The van der Waals surface area contributed by atoms with E-state index in [2.05, 4.69) is 25.9 Å². The van der Waals surface area contributed by atoms with Gasteiger partial charge in [-0.05, 0) is 29.8 Å². The number of H-pyrrole nitrogens is 1. The van der Waals surface area contributed by atoms with E-state index in [1.165, 1.54) is 0 Å². The van der Waals surface area contributed by atoms with Gasteiger partial charge in [0.1, 0.15) is 5.82 Å². The van der Waals surface area contributed by atoms with Crippen LogP contribution in [0.5, 0.6) is 0 Å². The molecule has 1 N–H and O–H groups in total. The summed E-state index contributed by atoms with van der Waals surface area (Å²) in [4.78, 5) is 38.8. The van der Waals surface area contributed by atoms with Crippen LogP contribution in [0.15, 0.2) is 52.3 Å². The van der Waals surface area contributed by atoms with Crippen LogP contribution in [0.3, 0.4) is 0 Å². The molecule has 3 aromatic heterocycles. The Labute approximate surface area is 172 Å². The summed E-state index contributed by atoms with van der Waals surface area (Å²) in [6.45, 7) is 2.08. The molecular weight excluding hydrogens is 380 g/mol. The number of imidazole rings is 1. The molecule has 152 valence electrons. The number of aromatic nitrogens is 5. The number of nitrogens with one attached hydrogen (secondary N) is 1. The summed E-state index contributed by atoms with van der Waals surface area (Å²) in [7, 11) is 3.57. The maximum absolute atomic E-state index is 12.7. The summed E-state index contributed by atoms with van der Waals surface area (Å²) in [5.74, 6) is 0.566. The fourth-order valence-corrected chi connectivity index (χ4v) is 4.16. The molecule has 0 radical (unpaired) electrons. The van der Waals surface area contributed by atoms with Gasteiger partial charge in [0.2, 0.25) is 0 Å². The van der Waals surface area contributed by atoms with E-state index in [0.29, 0.717) is 18.9 Å². The molecule has 0 saturated carbocycles. The Morgan fingerprint density at radius 2 is 1.93 bits per heavy atom. The van der Waals surface area contributed by atoms with Crippen molar-refractivity contribution in [3.63, 3.8) is 0 Å². The molecule has 8 nitrogen and oxygen atoms in total. The van der Waals surface area contributed by atoms with Crippen LogP contribution in [0.1, 0.15) is 16.8 Å². The second kappa shape index (κ2) is 7.07. The minimum absolute atomic E-state index is 0.0314. The van der Waals surface area contributed by atoms with E-state index in [0.717, 1.165) is 46.4 Å². The lowest BCUT2D eigenvalue weighted by Crippen LogP contribution is -2.35. The molecule has 0 atom stereocenters. The molecule has 0 amide bonds. The number of nitrogens with zero attached hydrogens (tertiary/aromatic N) is 5. The van der Waals surface area contributed by atoms with E-state index >= 15 is 0 Å². The van der Waals surface area contributed by atoms with Crippen molar-refractivity contribution in [2.45, 2.75) is 19.5 Å². The van der Waals surface area contributed by atoms with Gasteiger partial charge in [-0.3, -0.25) is 23.8 Å². The molecule has 30 heavy (non-hydrogen) atoms. The third-order valence-corrected chi connectivity index (χ3v) is 5.83. The van der Waals surface area contributed by atoms with Crippen molar-refractivity contribution in [2.75, 3.05) is 6.54 Å². The van der Waals surface area contributed by atoms with E-state index in [1.54, 1.807) is 35.6 Å². The Hall–Kier alpha value is -3.52. The number of aryl methyl sites for hydroxylation is 2. The zero-order valence-electron chi connectivity index (χ0n) is 16.9. The van der Waals surface area contributed by atoms with E-state index < -0.39 is 0 Å². The highest BCUT2D eigenvalue weighted by Crippen LogP contribution is 2.21. The number of hydrogen-bond acceptors (Lipinski definition) is 5. The van der Waals surface area contributed by atoms with Crippen molar-refractivity contribution >= 4 is 11.0 Å². The van der Waals surface area contributed by atoms with Gasteiger partial charge in [0.25, 0.3) is 5.56 Å². The summed E-state index contributed by atoms with van der Waals surface area (Å²) >= 11 is 0. The van der Waals surface area contributed by atoms with Gasteiger partial charge in [-0.2, -0.15) is 0 Å². The van der Waals surface area contributed by atoms with Crippen molar-refractivity contribution in [1.82, 2.24) is 29.0 Å². The van der Waals surface area contributed by atoms with E-state index in [4.69, 9.17) is 0 Å². The number of hydrogen-bond donors (Lipinski definition) is 1. The van der Waals surface area contributed by atoms with Gasteiger partial charge in [0.05, 0.1) is 22.3 Å². The highest BCUT2D eigenvalue weighted by Gasteiger charge is 2.22. The van der Waals surface area contributed by atoms with Crippen molar-refractivity contribution in [3.05, 3.63) is 80.4 Å².